The second kappa shape index (κ2) is 13.4. The van der Waals surface area contributed by atoms with E-state index in [0.717, 1.165) is 38.8 Å². The van der Waals surface area contributed by atoms with Gasteiger partial charge in [0, 0.05) is 33.8 Å². The predicted molar refractivity (Wildman–Crippen MR) is 165 cm³/mol. The number of carbonyl (C=O) groups is 1. The molecule has 3 N–H and O–H groups in total. The molecule has 0 aliphatic heterocycles. The second-order valence-electron chi connectivity index (χ2n) is 10.7. The summed E-state index contributed by atoms with van der Waals surface area (Å²) in [5, 5.41) is 31.4. The van der Waals surface area contributed by atoms with Crippen LogP contribution in [0.15, 0.2) is 83.7 Å². The Morgan fingerprint density at radius 2 is 1.55 bits per heavy atom. The van der Waals surface area contributed by atoms with Crippen molar-refractivity contribution in [2.24, 2.45) is 0 Å². The fourth-order valence-electron chi connectivity index (χ4n) is 5.80. The average molecular weight is 581 g/mol. The number of halogens is 1. The van der Waals surface area contributed by atoms with Gasteiger partial charge in [-0.2, -0.15) is 0 Å². The van der Waals surface area contributed by atoms with Crippen LogP contribution in [0.25, 0.3) is 38.6 Å². The number of nitrogens with zero attached hydrogens (tertiary/aromatic N) is 2. The summed E-state index contributed by atoms with van der Waals surface area (Å²) in [7, 11) is 0. The fraction of sp³-hybridized carbons (Fsp3) is 0.273. The SMILES string of the molecule is CC(C)n1c(CC[C@@H](O)C[C@@H](O)CC(=O)O)c(-c2ccc(F)cc2)c2c3ccccc3n(-c3ccccc3)c(=O)c21.[NaH]. The number of carboxylic acid groups (broad SMARTS) is 1. The molecule has 0 saturated heterocycles. The number of rotatable bonds is 10. The van der Waals surface area contributed by atoms with Crippen molar-refractivity contribution in [1.29, 1.82) is 0 Å². The van der Waals surface area contributed by atoms with Crippen LogP contribution in [0.2, 0.25) is 0 Å². The number of para-hydroxylation sites is 2. The summed E-state index contributed by atoms with van der Waals surface area (Å²) in [6.07, 6.45) is -2.07. The van der Waals surface area contributed by atoms with E-state index >= 15 is 0 Å². The van der Waals surface area contributed by atoms with Gasteiger partial charge in [-0.1, -0.05) is 48.5 Å². The molecule has 42 heavy (non-hydrogen) atoms. The first-order valence-electron chi connectivity index (χ1n) is 13.8. The Labute approximate surface area is 265 Å². The standard InChI is InChI=1S/C33H33FN2O5.Na.H/c1-20(2)35-28(17-16-24(37)18-25(38)19-29(39)40)30(21-12-14-22(34)15-13-21)31-26-10-6-7-11-27(26)36(33(41)32(31)35)23-8-4-3-5-9-23;;/h3-15,20,24-25,37-38H,16-19H2,1-2H3,(H,39,40);;/t24-,25-;;/m1../s1. The Balaban J connectivity index is 0.00000405. The third-order valence-electron chi connectivity index (χ3n) is 7.46. The van der Waals surface area contributed by atoms with Crippen molar-refractivity contribution in [3.8, 4) is 16.8 Å². The number of aliphatic hydroxyl groups is 2. The Kier molecular flexibility index (Phi) is 10.1. The van der Waals surface area contributed by atoms with E-state index in [0.29, 0.717) is 11.9 Å². The summed E-state index contributed by atoms with van der Waals surface area (Å²) in [6.45, 7) is 3.98. The molecule has 0 unspecified atom stereocenters. The summed E-state index contributed by atoms with van der Waals surface area (Å²) in [5.41, 5.74) is 4.14. The number of aromatic nitrogens is 2. The number of aliphatic hydroxyl groups excluding tert-OH is 2. The summed E-state index contributed by atoms with van der Waals surface area (Å²) >= 11 is 0. The minimum atomic E-state index is -1.17. The first-order chi connectivity index (χ1) is 19.7. The van der Waals surface area contributed by atoms with Crippen LogP contribution in [0.4, 0.5) is 4.39 Å². The molecule has 7 nitrogen and oxygen atoms in total. The molecule has 0 radical (unpaired) electrons. The number of hydrogen-bond acceptors (Lipinski definition) is 4. The van der Waals surface area contributed by atoms with E-state index in [2.05, 4.69) is 0 Å². The number of carboxylic acids is 1. The molecule has 2 heterocycles. The van der Waals surface area contributed by atoms with Gasteiger partial charge in [-0.05, 0) is 69.0 Å². The van der Waals surface area contributed by atoms with Gasteiger partial charge in [-0.15, -0.1) is 0 Å². The first kappa shape index (κ1) is 31.7. The number of benzene rings is 3. The van der Waals surface area contributed by atoms with Crippen molar-refractivity contribution in [2.45, 2.75) is 57.8 Å². The van der Waals surface area contributed by atoms with Crippen LogP contribution in [0.1, 0.15) is 44.8 Å². The molecule has 2 aromatic heterocycles. The topological polar surface area (TPSA) is 105 Å². The van der Waals surface area contributed by atoms with E-state index in [4.69, 9.17) is 5.11 Å². The summed E-state index contributed by atoms with van der Waals surface area (Å²) in [4.78, 5) is 25.4. The second-order valence-corrected chi connectivity index (χ2v) is 10.7. The van der Waals surface area contributed by atoms with Crippen molar-refractivity contribution >= 4 is 57.3 Å². The monoisotopic (exact) mass is 580 g/mol. The molecule has 214 valence electrons. The van der Waals surface area contributed by atoms with Gasteiger partial charge >= 0.3 is 35.5 Å². The van der Waals surface area contributed by atoms with E-state index in [9.17, 15) is 24.2 Å². The first-order valence-corrected chi connectivity index (χ1v) is 13.8. The van der Waals surface area contributed by atoms with E-state index in [1.165, 1.54) is 12.1 Å². The maximum atomic E-state index is 14.4. The van der Waals surface area contributed by atoms with Crippen molar-refractivity contribution in [1.82, 2.24) is 9.13 Å². The average Bonchev–Trinajstić information content (AvgIpc) is 3.28. The zero-order valence-electron chi connectivity index (χ0n) is 23.0. The molecular weight excluding hydrogens is 546 g/mol. The molecular formula is C33H34FN2NaO5. The summed E-state index contributed by atoms with van der Waals surface area (Å²) in [5.74, 6) is -1.51. The third-order valence-corrected chi connectivity index (χ3v) is 7.46. The van der Waals surface area contributed by atoms with Crippen molar-refractivity contribution in [3.05, 3.63) is 101 Å². The molecule has 0 aliphatic rings. The van der Waals surface area contributed by atoms with Crippen molar-refractivity contribution < 1.29 is 24.5 Å². The number of hydrogen-bond donors (Lipinski definition) is 3. The Morgan fingerprint density at radius 3 is 2.19 bits per heavy atom. The Bertz CT molecular complexity index is 1760. The van der Waals surface area contributed by atoms with Gasteiger partial charge in [-0.25, -0.2) is 4.39 Å². The molecule has 3 aromatic carbocycles. The number of pyridine rings is 1. The van der Waals surface area contributed by atoms with Crippen molar-refractivity contribution in [2.75, 3.05) is 0 Å². The van der Waals surface area contributed by atoms with E-state index in [-0.39, 0.29) is 59.8 Å². The third kappa shape index (κ3) is 6.23. The molecule has 5 rings (SSSR count). The van der Waals surface area contributed by atoms with Crippen LogP contribution in [-0.4, -0.2) is 72.2 Å². The van der Waals surface area contributed by atoms with Crippen LogP contribution < -0.4 is 5.56 Å². The number of fused-ring (bicyclic) bond motifs is 3. The zero-order chi connectivity index (χ0) is 29.3. The summed E-state index contributed by atoms with van der Waals surface area (Å²) < 4.78 is 17.7. The van der Waals surface area contributed by atoms with Gasteiger partial charge in [0.15, 0.2) is 0 Å². The van der Waals surface area contributed by atoms with Crippen LogP contribution in [0.3, 0.4) is 0 Å². The van der Waals surface area contributed by atoms with Crippen LogP contribution >= 0.6 is 0 Å². The molecule has 0 aliphatic carbocycles. The fourth-order valence-corrected chi connectivity index (χ4v) is 5.80. The van der Waals surface area contributed by atoms with Gasteiger partial charge in [0.05, 0.1) is 24.1 Å². The molecule has 9 heteroatoms. The normalized spacial score (nSPS) is 12.9. The van der Waals surface area contributed by atoms with Crippen LogP contribution in [0, 0.1) is 5.82 Å². The molecule has 0 amide bonds. The number of aliphatic carboxylic acids is 1. The zero-order valence-corrected chi connectivity index (χ0v) is 23.0. The Morgan fingerprint density at radius 1 is 0.905 bits per heavy atom. The minimum absolute atomic E-state index is 0. The molecule has 0 fully saturated rings. The molecule has 0 bridgehead atoms. The van der Waals surface area contributed by atoms with Crippen LogP contribution in [0.5, 0.6) is 0 Å². The molecule has 0 spiro atoms. The molecule has 2 atom stereocenters. The Hall–Kier alpha value is -3.27. The molecule has 5 aromatic rings. The van der Waals surface area contributed by atoms with Crippen molar-refractivity contribution in [3.63, 3.8) is 0 Å². The molecule has 0 saturated carbocycles. The van der Waals surface area contributed by atoms with E-state index in [1.54, 1.807) is 16.7 Å². The van der Waals surface area contributed by atoms with E-state index < -0.39 is 24.6 Å². The van der Waals surface area contributed by atoms with E-state index in [1.807, 2.05) is 73.0 Å². The van der Waals surface area contributed by atoms with Gasteiger partial charge in [0.2, 0.25) is 0 Å². The van der Waals surface area contributed by atoms with Crippen LogP contribution in [-0.2, 0) is 11.2 Å². The summed E-state index contributed by atoms with van der Waals surface area (Å²) in [6, 6.07) is 23.2. The van der Waals surface area contributed by atoms with Gasteiger partial charge in [0.25, 0.3) is 5.56 Å². The predicted octanol–water partition coefficient (Wildman–Crippen LogP) is 5.20. The van der Waals surface area contributed by atoms with Gasteiger partial charge < -0.3 is 19.9 Å². The van der Waals surface area contributed by atoms with Gasteiger partial charge in [0.1, 0.15) is 11.3 Å². The quantitative estimate of drug-likeness (QED) is 0.197. The maximum absolute atomic E-state index is 14.4. The van der Waals surface area contributed by atoms with Gasteiger partial charge in [-0.3, -0.25) is 14.2 Å².